The molecule has 0 aromatic heterocycles. The maximum absolute atomic E-state index is 6.65. The highest BCUT2D eigenvalue weighted by Gasteiger charge is 2.36. The second-order valence-electron chi connectivity index (χ2n) is 6.99. The zero-order valence-corrected chi connectivity index (χ0v) is 11.9. The molecular formula is C15H30N2. The van der Waals surface area contributed by atoms with Crippen molar-refractivity contribution < 1.29 is 0 Å². The van der Waals surface area contributed by atoms with E-state index in [2.05, 4.69) is 25.7 Å². The molecule has 0 bridgehead atoms. The van der Waals surface area contributed by atoms with Crippen LogP contribution in [-0.2, 0) is 0 Å². The summed E-state index contributed by atoms with van der Waals surface area (Å²) in [5, 5.41) is 0. The Morgan fingerprint density at radius 2 is 2.06 bits per heavy atom. The lowest BCUT2D eigenvalue weighted by Gasteiger charge is -2.41. The Morgan fingerprint density at radius 1 is 1.29 bits per heavy atom. The molecule has 2 heteroatoms. The van der Waals surface area contributed by atoms with Gasteiger partial charge in [0.2, 0.25) is 0 Å². The fourth-order valence-corrected chi connectivity index (χ4v) is 4.05. The second-order valence-corrected chi connectivity index (χ2v) is 6.99. The first kappa shape index (κ1) is 13.4. The molecule has 100 valence electrons. The summed E-state index contributed by atoms with van der Waals surface area (Å²) in [6, 6.07) is 0.785. The van der Waals surface area contributed by atoms with Gasteiger partial charge < -0.3 is 5.73 Å². The monoisotopic (exact) mass is 238 g/mol. The fourth-order valence-electron chi connectivity index (χ4n) is 4.05. The minimum Gasteiger partial charge on any atom is -0.324 e. The Bertz CT molecular complexity index is 251. The van der Waals surface area contributed by atoms with Crippen molar-refractivity contribution >= 4 is 0 Å². The van der Waals surface area contributed by atoms with Crippen LogP contribution in [0.4, 0.5) is 0 Å². The molecule has 1 aliphatic heterocycles. The van der Waals surface area contributed by atoms with Gasteiger partial charge in [-0.2, -0.15) is 0 Å². The van der Waals surface area contributed by atoms with Gasteiger partial charge in [-0.25, -0.2) is 0 Å². The van der Waals surface area contributed by atoms with Crippen molar-refractivity contribution in [1.82, 2.24) is 4.90 Å². The fraction of sp³-hybridized carbons (Fsp3) is 1.00. The van der Waals surface area contributed by atoms with Gasteiger partial charge >= 0.3 is 0 Å². The SMILES string of the molecule is CC1CCCC(N)(CN2CCCC2C(C)C)C1. The van der Waals surface area contributed by atoms with Crippen molar-refractivity contribution in [3.05, 3.63) is 0 Å². The summed E-state index contributed by atoms with van der Waals surface area (Å²) in [6.07, 6.45) is 7.93. The molecule has 2 nitrogen and oxygen atoms in total. The van der Waals surface area contributed by atoms with Crippen LogP contribution in [0.3, 0.4) is 0 Å². The lowest BCUT2D eigenvalue weighted by Crippen LogP contribution is -2.54. The Labute approximate surface area is 107 Å². The third kappa shape index (κ3) is 3.23. The maximum Gasteiger partial charge on any atom is 0.0286 e. The highest BCUT2D eigenvalue weighted by Crippen LogP contribution is 2.33. The van der Waals surface area contributed by atoms with Crippen molar-refractivity contribution in [1.29, 1.82) is 0 Å². The van der Waals surface area contributed by atoms with Crippen LogP contribution in [0.15, 0.2) is 0 Å². The smallest absolute Gasteiger partial charge is 0.0286 e. The summed E-state index contributed by atoms with van der Waals surface area (Å²) in [7, 11) is 0. The summed E-state index contributed by atoms with van der Waals surface area (Å²) < 4.78 is 0. The summed E-state index contributed by atoms with van der Waals surface area (Å²) in [4.78, 5) is 2.68. The molecule has 17 heavy (non-hydrogen) atoms. The first-order chi connectivity index (χ1) is 8.00. The molecule has 1 saturated heterocycles. The molecule has 3 atom stereocenters. The molecule has 0 aromatic carbocycles. The van der Waals surface area contributed by atoms with Gasteiger partial charge in [-0.1, -0.05) is 33.6 Å². The van der Waals surface area contributed by atoms with Gasteiger partial charge in [0.15, 0.2) is 0 Å². The molecule has 2 aliphatic rings. The summed E-state index contributed by atoms with van der Waals surface area (Å²) >= 11 is 0. The minimum absolute atomic E-state index is 0.106. The lowest BCUT2D eigenvalue weighted by molar-refractivity contribution is 0.123. The first-order valence-corrected chi connectivity index (χ1v) is 7.53. The lowest BCUT2D eigenvalue weighted by atomic mass is 9.76. The summed E-state index contributed by atoms with van der Waals surface area (Å²) in [6.45, 7) is 9.49. The topological polar surface area (TPSA) is 29.3 Å². The van der Waals surface area contributed by atoms with Gasteiger partial charge in [0, 0.05) is 18.1 Å². The minimum atomic E-state index is 0.106. The average molecular weight is 238 g/mol. The number of nitrogens with two attached hydrogens (primary N) is 1. The van der Waals surface area contributed by atoms with Gasteiger partial charge in [-0.3, -0.25) is 4.90 Å². The predicted molar refractivity (Wildman–Crippen MR) is 74.0 cm³/mol. The Hall–Kier alpha value is -0.0800. The van der Waals surface area contributed by atoms with E-state index in [1.54, 1.807) is 0 Å². The van der Waals surface area contributed by atoms with E-state index < -0.39 is 0 Å². The Kier molecular flexibility index (Phi) is 4.14. The highest BCUT2D eigenvalue weighted by molar-refractivity contribution is 4.95. The van der Waals surface area contributed by atoms with E-state index in [9.17, 15) is 0 Å². The quantitative estimate of drug-likeness (QED) is 0.819. The van der Waals surface area contributed by atoms with Gasteiger partial charge in [0.1, 0.15) is 0 Å². The standard InChI is InChI=1S/C15H30N2/c1-12(2)14-7-5-9-17(14)11-15(16)8-4-6-13(3)10-15/h12-14H,4-11,16H2,1-3H3. The van der Waals surface area contributed by atoms with Crippen LogP contribution in [0.25, 0.3) is 0 Å². The first-order valence-electron chi connectivity index (χ1n) is 7.53. The van der Waals surface area contributed by atoms with Crippen LogP contribution in [0.5, 0.6) is 0 Å². The zero-order valence-electron chi connectivity index (χ0n) is 11.9. The van der Waals surface area contributed by atoms with Crippen LogP contribution in [0, 0.1) is 11.8 Å². The molecule has 0 aromatic rings. The number of rotatable bonds is 3. The van der Waals surface area contributed by atoms with Crippen LogP contribution < -0.4 is 5.73 Å². The molecular weight excluding hydrogens is 208 g/mol. The average Bonchev–Trinajstić information content (AvgIpc) is 2.64. The third-order valence-corrected chi connectivity index (χ3v) is 4.83. The maximum atomic E-state index is 6.65. The normalized spacial score (nSPS) is 40.1. The molecule has 2 fully saturated rings. The van der Waals surface area contributed by atoms with Gasteiger partial charge in [0.25, 0.3) is 0 Å². The van der Waals surface area contributed by atoms with Gasteiger partial charge in [0.05, 0.1) is 0 Å². The van der Waals surface area contributed by atoms with Crippen LogP contribution in [0.2, 0.25) is 0 Å². The number of likely N-dealkylation sites (tertiary alicyclic amines) is 1. The van der Waals surface area contributed by atoms with Crippen molar-refractivity contribution in [2.24, 2.45) is 17.6 Å². The van der Waals surface area contributed by atoms with E-state index in [-0.39, 0.29) is 5.54 Å². The number of hydrogen-bond acceptors (Lipinski definition) is 2. The predicted octanol–water partition coefficient (Wildman–Crippen LogP) is 3.01. The molecule has 0 amide bonds. The van der Waals surface area contributed by atoms with Crippen molar-refractivity contribution in [2.45, 2.75) is 70.9 Å². The van der Waals surface area contributed by atoms with E-state index in [0.717, 1.165) is 24.4 Å². The van der Waals surface area contributed by atoms with Crippen LogP contribution >= 0.6 is 0 Å². The Morgan fingerprint density at radius 3 is 2.71 bits per heavy atom. The number of hydrogen-bond donors (Lipinski definition) is 1. The van der Waals surface area contributed by atoms with Crippen molar-refractivity contribution in [3.8, 4) is 0 Å². The molecule has 1 heterocycles. The van der Waals surface area contributed by atoms with Crippen LogP contribution in [-0.4, -0.2) is 29.6 Å². The van der Waals surface area contributed by atoms with Crippen LogP contribution in [0.1, 0.15) is 59.3 Å². The van der Waals surface area contributed by atoms with E-state index in [1.807, 2.05) is 0 Å². The highest BCUT2D eigenvalue weighted by atomic mass is 15.2. The second kappa shape index (κ2) is 5.27. The summed E-state index contributed by atoms with van der Waals surface area (Å²) in [5.74, 6) is 1.61. The largest absolute Gasteiger partial charge is 0.324 e. The molecule has 1 aliphatic carbocycles. The molecule has 2 N–H and O–H groups in total. The Balaban J connectivity index is 1.94. The van der Waals surface area contributed by atoms with E-state index >= 15 is 0 Å². The molecule has 3 unspecified atom stereocenters. The van der Waals surface area contributed by atoms with E-state index in [4.69, 9.17) is 5.73 Å². The molecule has 0 radical (unpaired) electrons. The molecule has 1 saturated carbocycles. The molecule has 0 spiro atoms. The van der Waals surface area contributed by atoms with Crippen molar-refractivity contribution in [3.63, 3.8) is 0 Å². The van der Waals surface area contributed by atoms with Gasteiger partial charge in [-0.05, 0) is 44.1 Å². The zero-order chi connectivity index (χ0) is 12.5. The van der Waals surface area contributed by atoms with E-state index in [1.165, 1.54) is 45.1 Å². The van der Waals surface area contributed by atoms with E-state index in [0.29, 0.717) is 0 Å². The van der Waals surface area contributed by atoms with Crippen molar-refractivity contribution in [2.75, 3.05) is 13.1 Å². The molecule has 2 rings (SSSR count). The summed E-state index contributed by atoms with van der Waals surface area (Å²) in [5.41, 5.74) is 6.76. The number of nitrogens with zero attached hydrogens (tertiary/aromatic N) is 1. The van der Waals surface area contributed by atoms with Gasteiger partial charge in [-0.15, -0.1) is 0 Å². The third-order valence-electron chi connectivity index (χ3n) is 4.83.